The van der Waals surface area contributed by atoms with Gasteiger partial charge in [0.25, 0.3) is 7.82 Å². The lowest BCUT2D eigenvalue weighted by molar-refractivity contribution is -0.870. The Morgan fingerprint density at radius 1 is 0.470 bits per heavy atom. The van der Waals surface area contributed by atoms with E-state index in [-0.39, 0.29) is 32.0 Å². The van der Waals surface area contributed by atoms with Crippen molar-refractivity contribution in [1.29, 1.82) is 0 Å². The van der Waals surface area contributed by atoms with Crippen LogP contribution in [-0.4, -0.2) is 70.0 Å². The van der Waals surface area contributed by atoms with Crippen LogP contribution in [0, 0.1) is 0 Å². The molecule has 0 radical (unpaired) electrons. The van der Waals surface area contributed by atoms with Gasteiger partial charge in [-0.05, 0) is 44.9 Å². The number of unbranched alkanes of at least 4 members (excludes halogenated alkanes) is 34. The fourth-order valence-corrected chi connectivity index (χ4v) is 8.83. The molecule has 0 heterocycles. The summed E-state index contributed by atoms with van der Waals surface area (Å²) < 4.78 is 34.1. The van der Waals surface area contributed by atoms with Crippen molar-refractivity contribution >= 4 is 19.8 Å². The van der Waals surface area contributed by atoms with Gasteiger partial charge in [0.2, 0.25) is 0 Å². The first-order valence-corrected chi connectivity index (χ1v) is 29.5. The lowest BCUT2D eigenvalue weighted by atomic mass is 10.0. The Balaban J connectivity index is 4.05. The fourth-order valence-electron chi connectivity index (χ4n) is 8.10. The first-order valence-electron chi connectivity index (χ1n) is 28.0. The molecular formula is C56H108NO8P. The maximum absolute atomic E-state index is 12.8. The van der Waals surface area contributed by atoms with Crippen LogP contribution in [0.15, 0.2) is 24.3 Å². The summed E-state index contributed by atoms with van der Waals surface area (Å²) in [5.41, 5.74) is 0. The van der Waals surface area contributed by atoms with Gasteiger partial charge in [0.15, 0.2) is 6.10 Å². The molecule has 0 aliphatic rings. The molecule has 0 aliphatic carbocycles. The number of esters is 2. The van der Waals surface area contributed by atoms with Crippen molar-refractivity contribution in [1.82, 2.24) is 0 Å². The van der Waals surface area contributed by atoms with Crippen LogP contribution in [0.2, 0.25) is 0 Å². The molecule has 0 aromatic heterocycles. The molecule has 0 aromatic carbocycles. The highest BCUT2D eigenvalue weighted by Gasteiger charge is 2.22. The summed E-state index contributed by atoms with van der Waals surface area (Å²) in [6.07, 6.45) is 56.5. The molecule has 66 heavy (non-hydrogen) atoms. The number of phosphoric ester groups is 1. The predicted octanol–water partition coefficient (Wildman–Crippen LogP) is 16.4. The van der Waals surface area contributed by atoms with Gasteiger partial charge in [0, 0.05) is 12.8 Å². The van der Waals surface area contributed by atoms with Crippen LogP contribution in [0.5, 0.6) is 0 Å². The Bertz CT molecular complexity index is 1170. The van der Waals surface area contributed by atoms with Gasteiger partial charge in [0.05, 0.1) is 27.7 Å². The predicted molar refractivity (Wildman–Crippen MR) is 278 cm³/mol. The number of rotatable bonds is 52. The topological polar surface area (TPSA) is 111 Å². The van der Waals surface area contributed by atoms with Gasteiger partial charge < -0.3 is 27.9 Å². The van der Waals surface area contributed by atoms with Crippen LogP contribution in [0.25, 0.3) is 0 Å². The van der Waals surface area contributed by atoms with E-state index < -0.39 is 26.5 Å². The van der Waals surface area contributed by atoms with E-state index in [9.17, 15) is 19.0 Å². The zero-order chi connectivity index (χ0) is 48.5. The molecule has 390 valence electrons. The van der Waals surface area contributed by atoms with E-state index >= 15 is 0 Å². The van der Waals surface area contributed by atoms with E-state index in [4.69, 9.17) is 18.5 Å². The molecule has 2 atom stereocenters. The van der Waals surface area contributed by atoms with Crippen LogP contribution in [0.4, 0.5) is 0 Å². The number of carbonyl (C=O) groups excluding carboxylic acids is 2. The van der Waals surface area contributed by atoms with Crippen LogP contribution in [-0.2, 0) is 32.7 Å². The van der Waals surface area contributed by atoms with E-state index in [1.807, 2.05) is 21.1 Å². The number of nitrogens with zero attached hydrogens (tertiary/aromatic N) is 1. The molecule has 2 unspecified atom stereocenters. The van der Waals surface area contributed by atoms with Crippen molar-refractivity contribution in [3.8, 4) is 0 Å². The third-order valence-corrected chi connectivity index (χ3v) is 13.4. The van der Waals surface area contributed by atoms with Gasteiger partial charge in [0.1, 0.15) is 19.8 Å². The molecule has 0 amide bonds. The number of hydrogen-bond acceptors (Lipinski definition) is 8. The largest absolute Gasteiger partial charge is 0.756 e. The van der Waals surface area contributed by atoms with E-state index in [1.165, 1.54) is 199 Å². The fraction of sp³-hybridized carbons (Fsp3) is 0.893. The molecule has 0 fully saturated rings. The number of carbonyl (C=O) groups is 2. The molecule has 0 saturated carbocycles. The first kappa shape index (κ1) is 64.5. The average molecular weight is 954 g/mol. The summed E-state index contributed by atoms with van der Waals surface area (Å²) in [5, 5.41) is 0. The minimum absolute atomic E-state index is 0.0275. The zero-order valence-corrected chi connectivity index (χ0v) is 45.1. The third kappa shape index (κ3) is 51.9. The summed E-state index contributed by atoms with van der Waals surface area (Å²) >= 11 is 0. The Kier molecular flexibility index (Phi) is 47.4. The van der Waals surface area contributed by atoms with Crippen molar-refractivity contribution in [2.75, 3.05) is 47.5 Å². The van der Waals surface area contributed by atoms with Gasteiger partial charge in [-0.1, -0.05) is 237 Å². The van der Waals surface area contributed by atoms with Gasteiger partial charge in [-0.3, -0.25) is 14.2 Å². The van der Waals surface area contributed by atoms with Crippen molar-refractivity contribution in [2.45, 2.75) is 277 Å². The Morgan fingerprint density at radius 2 is 0.818 bits per heavy atom. The Labute approximate surface area is 409 Å². The molecular weight excluding hydrogens is 846 g/mol. The first-order chi connectivity index (χ1) is 32.0. The van der Waals surface area contributed by atoms with Crippen LogP contribution >= 0.6 is 7.82 Å². The van der Waals surface area contributed by atoms with Crippen molar-refractivity contribution in [2.24, 2.45) is 0 Å². The number of ether oxygens (including phenoxy) is 2. The van der Waals surface area contributed by atoms with Gasteiger partial charge in [-0.2, -0.15) is 0 Å². The van der Waals surface area contributed by atoms with Crippen LogP contribution < -0.4 is 4.89 Å². The van der Waals surface area contributed by atoms with Crippen molar-refractivity contribution < 1.29 is 42.1 Å². The molecule has 0 aromatic rings. The van der Waals surface area contributed by atoms with Crippen LogP contribution in [0.3, 0.4) is 0 Å². The Morgan fingerprint density at radius 3 is 1.20 bits per heavy atom. The summed E-state index contributed by atoms with van der Waals surface area (Å²) in [5.74, 6) is -0.819. The maximum atomic E-state index is 12.8. The van der Waals surface area contributed by atoms with E-state index in [0.717, 1.165) is 38.5 Å². The second kappa shape index (κ2) is 48.5. The lowest BCUT2D eigenvalue weighted by Crippen LogP contribution is -2.37. The SMILES string of the molecule is CCCCCCC/C=C\C/C=C\CCCCCCCCCCCCCCCCCCCC(=O)OC(COC(=O)CCCCCCCCCCCCCCC)COP(=O)([O-])OCC[N+](C)(C)C. The van der Waals surface area contributed by atoms with Crippen molar-refractivity contribution in [3.63, 3.8) is 0 Å². The summed E-state index contributed by atoms with van der Waals surface area (Å²) in [4.78, 5) is 37.7. The van der Waals surface area contributed by atoms with E-state index in [1.54, 1.807) is 0 Å². The van der Waals surface area contributed by atoms with Gasteiger partial charge >= 0.3 is 11.9 Å². The number of quaternary nitrogens is 1. The number of hydrogen-bond donors (Lipinski definition) is 0. The van der Waals surface area contributed by atoms with Crippen LogP contribution in [0.1, 0.15) is 271 Å². The smallest absolute Gasteiger partial charge is 0.306 e. The van der Waals surface area contributed by atoms with Gasteiger partial charge in [-0.15, -0.1) is 0 Å². The molecule has 0 N–H and O–H groups in total. The number of allylic oxidation sites excluding steroid dienone is 4. The molecule has 10 heteroatoms. The molecule has 0 bridgehead atoms. The summed E-state index contributed by atoms with van der Waals surface area (Å²) in [6.45, 7) is 4.26. The summed E-state index contributed by atoms with van der Waals surface area (Å²) in [7, 11) is 1.18. The average Bonchev–Trinajstić information content (AvgIpc) is 3.27. The maximum Gasteiger partial charge on any atom is 0.306 e. The van der Waals surface area contributed by atoms with Crippen molar-refractivity contribution in [3.05, 3.63) is 24.3 Å². The summed E-state index contributed by atoms with van der Waals surface area (Å²) in [6, 6.07) is 0. The minimum atomic E-state index is -4.63. The number of phosphoric acid groups is 1. The second-order valence-corrected chi connectivity index (χ2v) is 21.7. The standard InChI is InChI=1S/C56H108NO8P/c1-6-8-10-12-14-16-18-20-21-22-23-24-25-26-27-28-29-30-31-32-33-34-35-37-39-41-43-45-47-49-56(59)65-54(53-64-66(60,61)63-51-50-57(3,4)5)52-62-55(58)48-46-44-42-40-38-36-19-17-15-13-11-9-7-2/h18,20,22-23,54H,6-17,19,21,24-53H2,1-5H3/b20-18-,23-22-. The monoisotopic (exact) mass is 954 g/mol. The quantitative estimate of drug-likeness (QED) is 0.0195. The molecule has 0 spiro atoms. The van der Waals surface area contributed by atoms with Gasteiger partial charge in [-0.25, -0.2) is 0 Å². The normalized spacial score (nSPS) is 13.5. The van der Waals surface area contributed by atoms with E-state index in [0.29, 0.717) is 17.4 Å². The molecule has 9 nitrogen and oxygen atoms in total. The van der Waals surface area contributed by atoms with E-state index in [2.05, 4.69) is 38.2 Å². The highest BCUT2D eigenvalue weighted by Crippen LogP contribution is 2.38. The molecule has 0 saturated heterocycles. The number of likely N-dealkylation sites (N-methyl/N-ethyl adjacent to an activating group) is 1. The lowest BCUT2D eigenvalue weighted by Gasteiger charge is -2.28. The Hall–Kier alpha value is -1.51. The third-order valence-electron chi connectivity index (χ3n) is 12.5. The molecule has 0 rings (SSSR count). The highest BCUT2D eigenvalue weighted by molar-refractivity contribution is 7.45. The highest BCUT2D eigenvalue weighted by atomic mass is 31.2. The second-order valence-electron chi connectivity index (χ2n) is 20.3. The zero-order valence-electron chi connectivity index (χ0n) is 44.2. The minimum Gasteiger partial charge on any atom is -0.756 e. The molecule has 0 aliphatic heterocycles.